The Morgan fingerprint density at radius 1 is 1.20 bits per heavy atom. The van der Waals surface area contributed by atoms with Crippen LogP contribution < -0.4 is 0 Å². The largest absolute Gasteiger partial charge is 0.460 e. The summed E-state index contributed by atoms with van der Waals surface area (Å²) in [6, 6.07) is 9.36. The smallest absolute Gasteiger partial charge is 0.337 e. The van der Waals surface area contributed by atoms with Crippen molar-refractivity contribution in [3.05, 3.63) is 47.7 Å². The van der Waals surface area contributed by atoms with E-state index in [1.807, 2.05) is 30.3 Å². The van der Waals surface area contributed by atoms with Crippen LogP contribution >= 0.6 is 0 Å². The first-order valence-corrected chi connectivity index (χ1v) is 6.27. The maximum absolute atomic E-state index is 11.7. The molecule has 1 heterocycles. The van der Waals surface area contributed by atoms with Crippen molar-refractivity contribution in [1.29, 1.82) is 0 Å². The number of ether oxygens (including phenoxy) is 3. The van der Waals surface area contributed by atoms with E-state index in [1.165, 1.54) is 0 Å². The topological polar surface area (TPSA) is 61.8 Å². The standard InChI is InChI=1S/C15H16O5/c1-15(2)19-12(9-14(17)20-15)8-13(16)18-10-11-6-4-3-5-7-11/h3-7,9H,8,10H2,1-2H3. The lowest BCUT2D eigenvalue weighted by Gasteiger charge is -2.30. The van der Waals surface area contributed by atoms with Crippen molar-refractivity contribution in [3.63, 3.8) is 0 Å². The number of cyclic esters (lactones) is 1. The summed E-state index contributed by atoms with van der Waals surface area (Å²) in [5.74, 6) is -1.78. The van der Waals surface area contributed by atoms with Gasteiger partial charge >= 0.3 is 11.9 Å². The number of benzene rings is 1. The molecular weight excluding hydrogens is 260 g/mol. The van der Waals surface area contributed by atoms with Crippen LogP contribution in [0, 0.1) is 0 Å². The van der Waals surface area contributed by atoms with E-state index < -0.39 is 17.7 Å². The van der Waals surface area contributed by atoms with Crippen LogP contribution in [-0.4, -0.2) is 17.7 Å². The molecule has 0 N–H and O–H groups in total. The minimum atomic E-state index is -1.05. The second kappa shape index (κ2) is 5.77. The summed E-state index contributed by atoms with van der Waals surface area (Å²) < 4.78 is 15.4. The molecule has 0 atom stereocenters. The summed E-state index contributed by atoms with van der Waals surface area (Å²) in [6.07, 6.45) is 1.07. The van der Waals surface area contributed by atoms with Crippen LogP contribution in [0.1, 0.15) is 25.8 Å². The Morgan fingerprint density at radius 3 is 2.55 bits per heavy atom. The van der Waals surface area contributed by atoms with Crippen molar-refractivity contribution in [2.24, 2.45) is 0 Å². The van der Waals surface area contributed by atoms with Gasteiger partial charge in [-0.15, -0.1) is 0 Å². The minimum absolute atomic E-state index is 0.0919. The first-order chi connectivity index (χ1) is 9.44. The van der Waals surface area contributed by atoms with Gasteiger partial charge in [0.25, 0.3) is 0 Å². The van der Waals surface area contributed by atoms with Gasteiger partial charge in [0.15, 0.2) is 0 Å². The SMILES string of the molecule is CC1(C)OC(=O)C=C(CC(=O)OCc2ccccc2)O1. The Labute approximate surface area is 117 Å². The Balaban J connectivity index is 1.87. The zero-order valence-electron chi connectivity index (χ0n) is 11.4. The highest BCUT2D eigenvalue weighted by atomic mass is 16.7. The van der Waals surface area contributed by atoms with Gasteiger partial charge in [0, 0.05) is 13.8 Å². The predicted octanol–water partition coefficient (Wildman–Crippen LogP) is 2.31. The summed E-state index contributed by atoms with van der Waals surface area (Å²) in [5, 5.41) is 0. The van der Waals surface area contributed by atoms with E-state index in [1.54, 1.807) is 13.8 Å². The highest BCUT2D eigenvalue weighted by Gasteiger charge is 2.31. The second-order valence-electron chi connectivity index (χ2n) is 4.86. The highest BCUT2D eigenvalue weighted by molar-refractivity contribution is 5.85. The van der Waals surface area contributed by atoms with Crippen LogP contribution in [0.4, 0.5) is 0 Å². The highest BCUT2D eigenvalue weighted by Crippen LogP contribution is 2.24. The van der Waals surface area contributed by atoms with E-state index in [2.05, 4.69) is 0 Å². The lowest BCUT2D eigenvalue weighted by atomic mass is 10.2. The van der Waals surface area contributed by atoms with Crippen molar-refractivity contribution in [3.8, 4) is 0 Å². The maximum Gasteiger partial charge on any atom is 0.337 e. The van der Waals surface area contributed by atoms with Crippen LogP contribution in [0.5, 0.6) is 0 Å². The third kappa shape index (κ3) is 4.12. The van der Waals surface area contributed by atoms with Gasteiger partial charge in [-0.2, -0.15) is 0 Å². The van der Waals surface area contributed by atoms with Crippen molar-refractivity contribution in [2.75, 3.05) is 0 Å². The molecule has 5 heteroatoms. The van der Waals surface area contributed by atoms with E-state index in [9.17, 15) is 9.59 Å². The molecule has 1 aliphatic heterocycles. The van der Waals surface area contributed by atoms with Crippen LogP contribution in [0.3, 0.4) is 0 Å². The van der Waals surface area contributed by atoms with Crippen LogP contribution in [0.15, 0.2) is 42.2 Å². The fourth-order valence-electron chi connectivity index (χ4n) is 1.79. The van der Waals surface area contributed by atoms with E-state index in [0.717, 1.165) is 11.6 Å². The molecule has 20 heavy (non-hydrogen) atoms. The minimum Gasteiger partial charge on any atom is -0.460 e. The van der Waals surface area contributed by atoms with Crippen LogP contribution in [0.25, 0.3) is 0 Å². The number of carbonyl (C=O) groups is 2. The average Bonchev–Trinajstić information content (AvgIpc) is 2.35. The van der Waals surface area contributed by atoms with Crippen molar-refractivity contribution in [1.82, 2.24) is 0 Å². The second-order valence-corrected chi connectivity index (χ2v) is 4.86. The summed E-state index contributed by atoms with van der Waals surface area (Å²) >= 11 is 0. The normalized spacial score (nSPS) is 16.7. The Bertz CT molecular complexity index is 530. The average molecular weight is 276 g/mol. The monoisotopic (exact) mass is 276 g/mol. The number of carbonyl (C=O) groups excluding carboxylic acids is 2. The number of hydrogen-bond donors (Lipinski definition) is 0. The number of hydrogen-bond acceptors (Lipinski definition) is 5. The molecule has 0 aromatic heterocycles. The van der Waals surface area contributed by atoms with Gasteiger partial charge in [-0.25, -0.2) is 4.79 Å². The molecule has 1 aromatic rings. The molecule has 0 bridgehead atoms. The molecule has 0 fully saturated rings. The van der Waals surface area contributed by atoms with Gasteiger partial charge in [-0.3, -0.25) is 4.79 Å². The molecule has 0 unspecified atom stereocenters. The molecule has 0 saturated heterocycles. The number of esters is 2. The van der Waals surface area contributed by atoms with Gasteiger partial charge < -0.3 is 14.2 Å². The zero-order valence-corrected chi connectivity index (χ0v) is 11.4. The van der Waals surface area contributed by atoms with Crippen molar-refractivity contribution >= 4 is 11.9 Å². The Hall–Kier alpha value is -2.30. The first kappa shape index (κ1) is 14.1. The summed E-state index contributed by atoms with van der Waals surface area (Å²) in [4.78, 5) is 23.0. The van der Waals surface area contributed by atoms with Gasteiger partial charge in [0.1, 0.15) is 18.8 Å². The lowest BCUT2D eigenvalue weighted by Crippen LogP contribution is -2.34. The van der Waals surface area contributed by atoms with Crippen molar-refractivity contribution in [2.45, 2.75) is 32.7 Å². The third-order valence-corrected chi connectivity index (χ3v) is 2.56. The summed E-state index contributed by atoms with van der Waals surface area (Å²) in [7, 11) is 0. The van der Waals surface area contributed by atoms with E-state index in [0.29, 0.717) is 0 Å². The van der Waals surface area contributed by atoms with Crippen LogP contribution in [-0.2, 0) is 30.4 Å². The predicted molar refractivity (Wildman–Crippen MR) is 70.2 cm³/mol. The molecule has 2 rings (SSSR count). The molecule has 0 radical (unpaired) electrons. The van der Waals surface area contributed by atoms with Gasteiger partial charge in [0.2, 0.25) is 5.79 Å². The summed E-state index contributed by atoms with van der Waals surface area (Å²) in [5.41, 5.74) is 0.902. The fourth-order valence-corrected chi connectivity index (χ4v) is 1.79. The maximum atomic E-state index is 11.7. The Morgan fingerprint density at radius 2 is 1.90 bits per heavy atom. The molecule has 0 amide bonds. The fraction of sp³-hybridized carbons (Fsp3) is 0.333. The van der Waals surface area contributed by atoms with E-state index >= 15 is 0 Å². The molecule has 0 saturated carbocycles. The first-order valence-electron chi connectivity index (χ1n) is 6.27. The van der Waals surface area contributed by atoms with Gasteiger partial charge in [0.05, 0.1) is 6.08 Å². The molecule has 1 aromatic carbocycles. The van der Waals surface area contributed by atoms with E-state index in [4.69, 9.17) is 14.2 Å². The van der Waals surface area contributed by atoms with Gasteiger partial charge in [-0.1, -0.05) is 30.3 Å². The molecule has 0 spiro atoms. The zero-order chi connectivity index (χ0) is 14.6. The quantitative estimate of drug-likeness (QED) is 0.790. The van der Waals surface area contributed by atoms with E-state index in [-0.39, 0.29) is 18.8 Å². The molecule has 0 aliphatic carbocycles. The Kier molecular flexibility index (Phi) is 4.08. The third-order valence-electron chi connectivity index (χ3n) is 2.56. The molecule has 106 valence electrons. The van der Waals surface area contributed by atoms with Gasteiger partial charge in [-0.05, 0) is 5.56 Å². The lowest BCUT2D eigenvalue weighted by molar-refractivity contribution is -0.206. The number of rotatable bonds is 4. The molecule has 1 aliphatic rings. The molecular formula is C15H16O5. The molecule has 5 nitrogen and oxygen atoms in total. The van der Waals surface area contributed by atoms with Crippen molar-refractivity contribution < 1.29 is 23.8 Å². The van der Waals surface area contributed by atoms with Crippen LogP contribution in [0.2, 0.25) is 0 Å². The summed E-state index contributed by atoms with van der Waals surface area (Å²) in [6.45, 7) is 3.40.